The van der Waals surface area contributed by atoms with Crippen molar-refractivity contribution >= 4 is 23.4 Å². The van der Waals surface area contributed by atoms with Gasteiger partial charge in [-0.1, -0.05) is 0 Å². The number of rotatable bonds is 8. The highest BCUT2D eigenvalue weighted by atomic mass is 16.5. The van der Waals surface area contributed by atoms with Crippen molar-refractivity contribution in [2.45, 2.75) is 12.8 Å². The van der Waals surface area contributed by atoms with Crippen LogP contribution in [0.5, 0.6) is 11.5 Å². The molecule has 0 heterocycles. The Morgan fingerprint density at radius 1 is 1.04 bits per heavy atom. The number of ether oxygens (including phenoxy) is 3. The molecule has 2 aromatic rings. The normalized spacial score (nSPS) is 10.7. The molecule has 2 rings (SSSR count). The number of nitrogens with two attached hydrogens (primary N) is 2. The van der Waals surface area contributed by atoms with E-state index in [2.05, 4.69) is 0 Å². The zero-order valence-electron chi connectivity index (χ0n) is 15.0. The quantitative estimate of drug-likeness (QED) is 0.327. The van der Waals surface area contributed by atoms with Crippen molar-refractivity contribution in [2.24, 2.45) is 0 Å². The summed E-state index contributed by atoms with van der Waals surface area (Å²) in [4.78, 5) is 11.8. The summed E-state index contributed by atoms with van der Waals surface area (Å²) in [5.74, 6) is 0.895. The first-order valence-corrected chi connectivity index (χ1v) is 8.23. The Hall–Kier alpha value is -3.15. The van der Waals surface area contributed by atoms with Crippen LogP contribution in [0, 0.1) is 0 Å². The maximum absolute atomic E-state index is 11.8. The molecule has 26 heavy (non-hydrogen) atoms. The number of aryl methyl sites for hydroxylation is 1. The van der Waals surface area contributed by atoms with Gasteiger partial charge in [-0.15, -0.1) is 0 Å². The zero-order valence-corrected chi connectivity index (χ0v) is 15.0. The van der Waals surface area contributed by atoms with Crippen LogP contribution in [0.25, 0.3) is 6.08 Å². The molecule has 0 aliphatic heterocycles. The molecule has 0 aliphatic carbocycles. The van der Waals surface area contributed by atoms with E-state index < -0.39 is 5.97 Å². The van der Waals surface area contributed by atoms with Gasteiger partial charge < -0.3 is 25.7 Å². The summed E-state index contributed by atoms with van der Waals surface area (Å²) in [7, 11) is 3.15. The molecule has 0 atom stereocenters. The van der Waals surface area contributed by atoms with Crippen molar-refractivity contribution in [1.29, 1.82) is 0 Å². The van der Waals surface area contributed by atoms with Crippen molar-refractivity contribution in [2.75, 3.05) is 32.3 Å². The van der Waals surface area contributed by atoms with E-state index in [9.17, 15) is 4.79 Å². The Balaban J connectivity index is 1.82. The van der Waals surface area contributed by atoms with Crippen LogP contribution in [0.1, 0.15) is 17.5 Å². The van der Waals surface area contributed by atoms with Gasteiger partial charge in [-0.05, 0) is 54.8 Å². The van der Waals surface area contributed by atoms with Crippen molar-refractivity contribution in [1.82, 2.24) is 0 Å². The van der Waals surface area contributed by atoms with Crippen LogP contribution in [0.4, 0.5) is 11.4 Å². The van der Waals surface area contributed by atoms with E-state index in [4.69, 9.17) is 25.7 Å². The highest BCUT2D eigenvalue weighted by Gasteiger charge is 2.04. The number of benzene rings is 2. The molecule has 138 valence electrons. The van der Waals surface area contributed by atoms with Crippen LogP contribution in [0.15, 0.2) is 42.5 Å². The lowest BCUT2D eigenvalue weighted by molar-refractivity contribution is -0.137. The molecule has 4 N–H and O–H groups in total. The van der Waals surface area contributed by atoms with E-state index in [0.29, 0.717) is 35.9 Å². The van der Waals surface area contributed by atoms with Gasteiger partial charge in [-0.3, -0.25) is 0 Å². The maximum Gasteiger partial charge on any atom is 0.330 e. The van der Waals surface area contributed by atoms with Gasteiger partial charge in [0.2, 0.25) is 0 Å². The Labute approximate surface area is 153 Å². The topological polar surface area (TPSA) is 96.8 Å². The van der Waals surface area contributed by atoms with Crippen LogP contribution in [0.2, 0.25) is 0 Å². The van der Waals surface area contributed by atoms with Crippen molar-refractivity contribution in [3.05, 3.63) is 53.6 Å². The largest absolute Gasteiger partial charge is 0.497 e. The fourth-order valence-electron chi connectivity index (χ4n) is 2.50. The lowest BCUT2D eigenvalue weighted by Gasteiger charge is -2.07. The van der Waals surface area contributed by atoms with Gasteiger partial charge in [0.25, 0.3) is 0 Å². The van der Waals surface area contributed by atoms with E-state index >= 15 is 0 Å². The minimum Gasteiger partial charge on any atom is -0.497 e. The number of hydrogen-bond acceptors (Lipinski definition) is 6. The summed E-state index contributed by atoms with van der Waals surface area (Å²) in [6.45, 7) is 0.317. The number of carbonyl (C=O) groups is 1. The molecule has 0 aromatic heterocycles. The molecule has 0 saturated carbocycles. The highest BCUT2D eigenvalue weighted by molar-refractivity contribution is 5.87. The Morgan fingerprint density at radius 3 is 2.42 bits per heavy atom. The zero-order chi connectivity index (χ0) is 18.9. The van der Waals surface area contributed by atoms with E-state index in [1.807, 2.05) is 18.2 Å². The molecule has 0 bridgehead atoms. The molecule has 0 unspecified atom stereocenters. The summed E-state index contributed by atoms with van der Waals surface area (Å²) in [6.07, 6.45) is 4.45. The molecule has 0 aliphatic rings. The summed E-state index contributed by atoms with van der Waals surface area (Å²) < 4.78 is 15.6. The van der Waals surface area contributed by atoms with Crippen LogP contribution < -0.4 is 20.9 Å². The van der Waals surface area contributed by atoms with Crippen LogP contribution in [0.3, 0.4) is 0 Å². The highest BCUT2D eigenvalue weighted by Crippen LogP contribution is 2.25. The maximum atomic E-state index is 11.8. The molecule has 0 saturated heterocycles. The number of hydrogen-bond donors (Lipinski definition) is 2. The summed E-state index contributed by atoms with van der Waals surface area (Å²) in [5.41, 5.74) is 14.6. The van der Waals surface area contributed by atoms with Gasteiger partial charge >= 0.3 is 5.97 Å². The first-order chi connectivity index (χ1) is 12.5. The molecule has 0 fully saturated rings. The summed E-state index contributed by atoms with van der Waals surface area (Å²) in [6, 6.07) is 10.8. The lowest BCUT2D eigenvalue weighted by Crippen LogP contribution is -2.04. The van der Waals surface area contributed by atoms with E-state index in [1.54, 1.807) is 38.5 Å². The molecule has 0 radical (unpaired) electrons. The van der Waals surface area contributed by atoms with Crippen LogP contribution in [-0.4, -0.2) is 26.8 Å². The fraction of sp³-hybridized carbons (Fsp3) is 0.250. The fourth-order valence-corrected chi connectivity index (χ4v) is 2.50. The second-order valence-electron chi connectivity index (χ2n) is 5.72. The third kappa shape index (κ3) is 5.73. The first kappa shape index (κ1) is 19.2. The number of esters is 1. The lowest BCUT2D eigenvalue weighted by atomic mass is 10.1. The van der Waals surface area contributed by atoms with Gasteiger partial charge in [0.05, 0.1) is 20.8 Å². The van der Waals surface area contributed by atoms with E-state index in [0.717, 1.165) is 17.5 Å². The third-order valence-corrected chi connectivity index (χ3v) is 3.73. The third-order valence-electron chi connectivity index (χ3n) is 3.73. The number of methoxy groups -OCH3 is 2. The van der Waals surface area contributed by atoms with Crippen molar-refractivity contribution in [3.8, 4) is 11.5 Å². The Kier molecular flexibility index (Phi) is 6.91. The Morgan fingerprint density at radius 2 is 1.77 bits per heavy atom. The second-order valence-corrected chi connectivity index (χ2v) is 5.72. The molecule has 0 amide bonds. The number of anilines is 2. The average molecular weight is 356 g/mol. The monoisotopic (exact) mass is 356 g/mol. The van der Waals surface area contributed by atoms with Gasteiger partial charge in [-0.2, -0.15) is 0 Å². The SMILES string of the molecule is COc1ccc(/C=C/C(=O)OCCCc2cc(N)cc(N)c2)c(OC)c1. The van der Waals surface area contributed by atoms with Gasteiger partial charge in [-0.25, -0.2) is 4.79 Å². The molecular weight excluding hydrogens is 332 g/mol. The Bertz CT molecular complexity index is 767. The smallest absolute Gasteiger partial charge is 0.330 e. The summed E-state index contributed by atoms with van der Waals surface area (Å²) >= 11 is 0. The minimum absolute atomic E-state index is 0.317. The second kappa shape index (κ2) is 9.36. The number of carbonyl (C=O) groups excluding carboxylic acids is 1. The van der Waals surface area contributed by atoms with Crippen LogP contribution in [-0.2, 0) is 16.0 Å². The van der Waals surface area contributed by atoms with Crippen molar-refractivity contribution < 1.29 is 19.0 Å². The van der Waals surface area contributed by atoms with Gasteiger partial charge in [0, 0.05) is 29.1 Å². The molecule has 6 nitrogen and oxygen atoms in total. The molecular formula is C20H24N2O4. The first-order valence-electron chi connectivity index (χ1n) is 8.23. The summed E-state index contributed by atoms with van der Waals surface area (Å²) in [5, 5.41) is 0. The van der Waals surface area contributed by atoms with E-state index in [-0.39, 0.29) is 0 Å². The average Bonchev–Trinajstić information content (AvgIpc) is 2.62. The van der Waals surface area contributed by atoms with Gasteiger partial charge in [0.15, 0.2) is 0 Å². The minimum atomic E-state index is -0.407. The molecule has 6 heteroatoms. The van der Waals surface area contributed by atoms with Crippen molar-refractivity contribution in [3.63, 3.8) is 0 Å². The van der Waals surface area contributed by atoms with Gasteiger partial charge in [0.1, 0.15) is 11.5 Å². The predicted octanol–water partition coefficient (Wildman–Crippen LogP) is 3.06. The molecule has 2 aromatic carbocycles. The predicted molar refractivity (Wildman–Crippen MR) is 103 cm³/mol. The van der Waals surface area contributed by atoms with Crippen LogP contribution >= 0.6 is 0 Å². The standard InChI is InChI=1S/C20H24N2O4/c1-24-18-7-5-15(19(13-18)25-2)6-8-20(23)26-9-3-4-14-10-16(21)12-17(22)11-14/h5-8,10-13H,3-4,9,21-22H2,1-2H3/b8-6+. The van der Waals surface area contributed by atoms with E-state index in [1.165, 1.54) is 6.08 Å². The molecule has 0 spiro atoms. The number of nitrogen functional groups attached to an aromatic ring is 2.